The summed E-state index contributed by atoms with van der Waals surface area (Å²) in [5.74, 6) is 0.737. The fourth-order valence-electron chi connectivity index (χ4n) is 1.29. The summed E-state index contributed by atoms with van der Waals surface area (Å²) in [6.45, 7) is 2.44. The van der Waals surface area contributed by atoms with Crippen molar-refractivity contribution < 1.29 is 4.74 Å². The second-order valence-electron chi connectivity index (χ2n) is 3.50. The van der Waals surface area contributed by atoms with E-state index in [0.717, 1.165) is 16.9 Å². The van der Waals surface area contributed by atoms with Gasteiger partial charge in [-0.25, -0.2) is 9.97 Å². The molecule has 16 heavy (non-hydrogen) atoms. The average Bonchev–Trinajstić information content (AvgIpc) is 2.30. The molecule has 0 atom stereocenters. The van der Waals surface area contributed by atoms with Crippen molar-refractivity contribution >= 4 is 0 Å². The SMILES string of the molecule is Cc1cccc(Oc2ncc(CN)cn2)c1. The quantitative estimate of drug-likeness (QED) is 0.851. The molecule has 0 saturated carbocycles. The van der Waals surface area contributed by atoms with Gasteiger partial charge >= 0.3 is 6.01 Å². The number of rotatable bonds is 3. The first-order valence-corrected chi connectivity index (χ1v) is 5.03. The third-order valence-electron chi connectivity index (χ3n) is 2.12. The Balaban J connectivity index is 2.14. The highest BCUT2D eigenvalue weighted by Gasteiger charge is 2.00. The average molecular weight is 215 g/mol. The Kier molecular flexibility index (Phi) is 3.12. The minimum Gasteiger partial charge on any atom is -0.424 e. The monoisotopic (exact) mass is 215 g/mol. The minimum atomic E-state index is 0.336. The zero-order valence-electron chi connectivity index (χ0n) is 9.05. The molecule has 82 valence electrons. The van der Waals surface area contributed by atoms with Crippen LogP contribution in [0.4, 0.5) is 0 Å². The Morgan fingerprint density at radius 3 is 2.62 bits per heavy atom. The van der Waals surface area contributed by atoms with Gasteiger partial charge in [-0.2, -0.15) is 0 Å². The standard InChI is InChI=1S/C12H13N3O/c1-9-3-2-4-11(5-9)16-12-14-7-10(6-13)8-15-12/h2-5,7-8H,6,13H2,1H3. The number of nitrogens with two attached hydrogens (primary N) is 1. The molecule has 1 aromatic carbocycles. The van der Waals surface area contributed by atoms with Crippen molar-refractivity contribution in [3.05, 3.63) is 47.8 Å². The molecule has 0 radical (unpaired) electrons. The van der Waals surface area contributed by atoms with Gasteiger partial charge in [0.25, 0.3) is 0 Å². The second-order valence-corrected chi connectivity index (χ2v) is 3.50. The summed E-state index contributed by atoms with van der Waals surface area (Å²) in [6.07, 6.45) is 3.33. The lowest BCUT2D eigenvalue weighted by atomic mass is 10.2. The predicted octanol–water partition coefficient (Wildman–Crippen LogP) is 2.04. The lowest BCUT2D eigenvalue weighted by molar-refractivity contribution is 0.440. The van der Waals surface area contributed by atoms with E-state index in [9.17, 15) is 0 Å². The zero-order valence-corrected chi connectivity index (χ0v) is 9.05. The lowest BCUT2D eigenvalue weighted by Gasteiger charge is -2.04. The van der Waals surface area contributed by atoms with E-state index >= 15 is 0 Å². The molecule has 0 saturated heterocycles. The summed E-state index contributed by atoms with van der Waals surface area (Å²) >= 11 is 0. The molecule has 4 nitrogen and oxygen atoms in total. The molecule has 1 aromatic heterocycles. The molecule has 0 fully saturated rings. The summed E-state index contributed by atoms with van der Waals surface area (Å²) in [4.78, 5) is 8.12. The number of ether oxygens (including phenoxy) is 1. The van der Waals surface area contributed by atoms with E-state index in [0.29, 0.717) is 12.6 Å². The van der Waals surface area contributed by atoms with Crippen LogP contribution in [0.15, 0.2) is 36.7 Å². The van der Waals surface area contributed by atoms with Gasteiger partial charge in [-0.15, -0.1) is 0 Å². The highest BCUT2D eigenvalue weighted by Crippen LogP contribution is 2.18. The number of hydrogen-bond donors (Lipinski definition) is 1. The molecule has 4 heteroatoms. The molecular weight excluding hydrogens is 202 g/mol. The normalized spacial score (nSPS) is 10.1. The van der Waals surface area contributed by atoms with Gasteiger partial charge in [-0.1, -0.05) is 12.1 Å². The maximum atomic E-state index is 5.50. The molecule has 0 amide bonds. The summed E-state index contributed by atoms with van der Waals surface area (Å²) in [6, 6.07) is 8.07. The van der Waals surface area contributed by atoms with Crippen LogP contribution in [-0.4, -0.2) is 9.97 Å². The zero-order chi connectivity index (χ0) is 11.4. The number of hydrogen-bond acceptors (Lipinski definition) is 4. The van der Waals surface area contributed by atoms with E-state index < -0.39 is 0 Å². The minimum absolute atomic E-state index is 0.336. The maximum absolute atomic E-state index is 5.50. The van der Waals surface area contributed by atoms with Crippen molar-refractivity contribution in [3.63, 3.8) is 0 Å². The molecule has 1 heterocycles. The summed E-state index contributed by atoms with van der Waals surface area (Å²) < 4.78 is 5.50. The second kappa shape index (κ2) is 4.72. The van der Waals surface area contributed by atoms with E-state index in [-0.39, 0.29) is 0 Å². The first-order chi connectivity index (χ1) is 7.78. The third kappa shape index (κ3) is 2.55. The van der Waals surface area contributed by atoms with Crippen molar-refractivity contribution in [2.75, 3.05) is 0 Å². The van der Waals surface area contributed by atoms with E-state index in [1.54, 1.807) is 12.4 Å². The fourth-order valence-corrected chi connectivity index (χ4v) is 1.29. The Morgan fingerprint density at radius 2 is 2.00 bits per heavy atom. The number of aromatic nitrogens is 2. The summed E-state index contributed by atoms with van der Waals surface area (Å²) in [7, 11) is 0. The maximum Gasteiger partial charge on any atom is 0.321 e. The molecule has 0 aliphatic heterocycles. The van der Waals surface area contributed by atoms with Gasteiger partial charge in [-0.05, 0) is 24.6 Å². The Morgan fingerprint density at radius 1 is 1.25 bits per heavy atom. The number of nitrogens with zero attached hydrogens (tertiary/aromatic N) is 2. The van der Waals surface area contributed by atoms with Crippen molar-refractivity contribution in [3.8, 4) is 11.8 Å². The Bertz CT molecular complexity index is 468. The van der Waals surface area contributed by atoms with Gasteiger partial charge in [0.1, 0.15) is 5.75 Å². The summed E-state index contributed by atoms with van der Waals surface area (Å²) in [5, 5.41) is 0. The first-order valence-electron chi connectivity index (χ1n) is 5.03. The third-order valence-corrected chi connectivity index (χ3v) is 2.12. The van der Waals surface area contributed by atoms with Crippen LogP contribution in [0.5, 0.6) is 11.8 Å². The first kappa shape index (κ1) is 10.6. The molecule has 0 spiro atoms. The van der Waals surface area contributed by atoms with Crippen LogP contribution in [0, 0.1) is 6.92 Å². The van der Waals surface area contributed by atoms with Crippen LogP contribution in [-0.2, 0) is 6.54 Å². The molecule has 0 aliphatic rings. The van der Waals surface area contributed by atoms with Crippen LogP contribution in [0.2, 0.25) is 0 Å². The van der Waals surface area contributed by atoms with Gasteiger partial charge in [0.2, 0.25) is 0 Å². The van der Waals surface area contributed by atoms with Crippen molar-refractivity contribution in [2.24, 2.45) is 5.73 Å². The van der Waals surface area contributed by atoms with Gasteiger partial charge in [0.05, 0.1) is 0 Å². The molecule has 0 unspecified atom stereocenters. The lowest BCUT2D eigenvalue weighted by Crippen LogP contribution is -1.99. The highest BCUT2D eigenvalue weighted by atomic mass is 16.5. The van der Waals surface area contributed by atoms with E-state index in [4.69, 9.17) is 10.5 Å². The smallest absolute Gasteiger partial charge is 0.321 e. The molecule has 2 N–H and O–H groups in total. The van der Waals surface area contributed by atoms with Crippen LogP contribution in [0.25, 0.3) is 0 Å². The molecule has 0 bridgehead atoms. The Labute approximate surface area is 94.1 Å². The number of benzene rings is 1. The van der Waals surface area contributed by atoms with Gasteiger partial charge in [-0.3, -0.25) is 0 Å². The number of aryl methyl sites for hydroxylation is 1. The van der Waals surface area contributed by atoms with Crippen LogP contribution >= 0.6 is 0 Å². The van der Waals surface area contributed by atoms with Gasteiger partial charge < -0.3 is 10.5 Å². The molecule has 2 aromatic rings. The van der Waals surface area contributed by atoms with Crippen LogP contribution in [0.1, 0.15) is 11.1 Å². The van der Waals surface area contributed by atoms with Gasteiger partial charge in [0, 0.05) is 24.5 Å². The van der Waals surface area contributed by atoms with E-state index in [1.165, 1.54) is 0 Å². The van der Waals surface area contributed by atoms with Crippen molar-refractivity contribution in [1.29, 1.82) is 0 Å². The molecule has 2 rings (SSSR count). The fraction of sp³-hybridized carbons (Fsp3) is 0.167. The molecule has 0 aliphatic carbocycles. The van der Waals surface area contributed by atoms with Crippen molar-refractivity contribution in [2.45, 2.75) is 13.5 Å². The topological polar surface area (TPSA) is 61.0 Å². The predicted molar refractivity (Wildman–Crippen MR) is 61.2 cm³/mol. The largest absolute Gasteiger partial charge is 0.424 e. The van der Waals surface area contributed by atoms with E-state index in [1.807, 2.05) is 31.2 Å². The van der Waals surface area contributed by atoms with Crippen LogP contribution < -0.4 is 10.5 Å². The van der Waals surface area contributed by atoms with Crippen molar-refractivity contribution in [1.82, 2.24) is 9.97 Å². The van der Waals surface area contributed by atoms with E-state index in [2.05, 4.69) is 9.97 Å². The van der Waals surface area contributed by atoms with Gasteiger partial charge in [0.15, 0.2) is 0 Å². The Hall–Kier alpha value is -1.94. The molecular formula is C12H13N3O. The summed E-state index contributed by atoms with van der Waals surface area (Å²) in [5.41, 5.74) is 7.47. The van der Waals surface area contributed by atoms with Crippen LogP contribution in [0.3, 0.4) is 0 Å². The highest BCUT2D eigenvalue weighted by molar-refractivity contribution is 5.29.